The first-order chi connectivity index (χ1) is 13.4. The highest BCUT2D eigenvalue weighted by molar-refractivity contribution is 5.80. The third kappa shape index (κ3) is 3.55. The lowest BCUT2D eigenvalue weighted by Gasteiger charge is -2.39. The maximum atomic E-state index is 14.4. The van der Waals surface area contributed by atoms with E-state index in [9.17, 15) is 9.50 Å². The lowest BCUT2D eigenvalue weighted by molar-refractivity contribution is 0.0527. The number of nitrogens with two attached hydrogens (primary N) is 1. The summed E-state index contributed by atoms with van der Waals surface area (Å²) in [5.41, 5.74) is 8.25. The van der Waals surface area contributed by atoms with Crippen LogP contribution in [0.15, 0.2) is 36.5 Å². The third-order valence-electron chi connectivity index (χ3n) is 5.39. The van der Waals surface area contributed by atoms with Crippen LogP contribution in [0.5, 0.6) is 0 Å². The van der Waals surface area contributed by atoms with Crippen LogP contribution >= 0.6 is 0 Å². The van der Waals surface area contributed by atoms with E-state index in [1.54, 1.807) is 6.20 Å². The van der Waals surface area contributed by atoms with Gasteiger partial charge < -0.3 is 15.7 Å². The first-order valence-electron chi connectivity index (χ1n) is 9.51. The molecule has 0 amide bonds. The molecule has 146 valence electrons. The number of halogens is 1. The Labute approximate surface area is 163 Å². The molecule has 1 saturated heterocycles. The van der Waals surface area contributed by atoms with E-state index in [0.717, 1.165) is 16.6 Å². The Balaban J connectivity index is 1.72. The quantitative estimate of drug-likeness (QED) is 0.725. The van der Waals surface area contributed by atoms with Crippen molar-refractivity contribution >= 4 is 16.7 Å². The van der Waals surface area contributed by atoms with Crippen LogP contribution in [-0.2, 0) is 6.54 Å². The van der Waals surface area contributed by atoms with E-state index in [4.69, 9.17) is 5.73 Å². The van der Waals surface area contributed by atoms with Crippen LogP contribution in [-0.4, -0.2) is 39.3 Å². The summed E-state index contributed by atoms with van der Waals surface area (Å²) < 4.78 is 14.4. The van der Waals surface area contributed by atoms with Gasteiger partial charge in [-0.15, -0.1) is 0 Å². The second-order valence-corrected chi connectivity index (χ2v) is 7.65. The maximum absolute atomic E-state index is 14.4. The molecule has 0 aliphatic carbocycles. The van der Waals surface area contributed by atoms with Crippen molar-refractivity contribution in [2.24, 2.45) is 17.6 Å². The molecular formula is C21H24FN5O. The number of pyridine rings is 3. The standard InChI is InChI=1S/C21H24FN5O/c1-12-10-27(11-13(2)21(12)28)20-6-15(22)5-19(26-20)17-4-3-14-9-24-16(8-23)7-18(14)25-17/h3-7,9,12-13,21,28H,8,10-11,23H2,1-2H3. The molecule has 28 heavy (non-hydrogen) atoms. The minimum absolute atomic E-state index is 0.0956. The topological polar surface area (TPSA) is 88.2 Å². The third-order valence-corrected chi connectivity index (χ3v) is 5.39. The van der Waals surface area contributed by atoms with Gasteiger partial charge in [0.15, 0.2) is 0 Å². The first kappa shape index (κ1) is 18.7. The minimum Gasteiger partial charge on any atom is -0.392 e. The van der Waals surface area contributed by atoms with Crippen molar-refractivity contribution in [1.29, 1.82) is 0 Å². The number of hydrogen-bond donors (Lipinski definition) is 2. The van der Waals surface area contributed by atoms with Gasteiger partial charge in [0.1, 0.15) is 11.6 Å². The summed E-state index contributed by atoms with van der Waals surface area (Å²) >= 11 is 0. The van der Waals surface area contributed by atoms with Gasteiger partial charge in [0.25, 0.3) is 0 Å². The van der Waals surface area contributed by atoms with Gasteiger partial charge in [0, 0.05) is 43.4 Å². The van der Waals surface area contributed by atoms with E-state index in [-0.39, 0.29) is 23.8 Å². The summed E-state index contributed by atoms with van der Waals surface area (Å²) in [4.78, 5) is 15.6. The van der Waals surface area contributed by atoms with Gasteiger partial charge in [-0.3, -0.25) is 4.98 Å². The predicted octanol–water partition coefficient (Wildman–Crippen LogP) is 2.74. The Morgan fingerprint density at radius 3 is 2.57 bits per heavy atom. The van der Waals surface area contributed by atoms with Gasteiger partial charge in [0.05, 0.1) is 28.7 Å². The zero-order valence-electron chi connectivity index (χ0n) is 16.0. The van der Waals surface area contributed by atoms with Crippen LogP contribution in [0.25, 0.3) is 22.3 Å². The van der Waals surface area contributed by atoms with Crippen LogP contribution in [0.1, 0.15) is 19.5 Å². The molecule has 0 saturated carbocycles. The van der Waals surface area contributed by atoms with E-state index in [1.165, 1.54) is 12.1 Å². The summed E-state index contributed by atoms with van der Waals surface area (Å²) in [6.45, 7) is 5.61. The van der Waals surface area contributed by atoms with Gasteiger partial charge in [-0.1, -0.05) is 13.8 Å². The predicted molar refractivity (Wildman–Crippen MR) is 107 cm³/mol. The average Bonchev–Trinajstić information content (AvgIpc) is 2.70. The zero-order valence-corrected chi connectivity index (χ0v) is 16.0. The van der Waals surface area contributed by atoms with E-state index in [1.807, 2.05) is 36.9 Å². The number of nitrogens with zero attached hydrogens (tertiary/aromatic N) is 4. The summed E-state index contributed by atoms with van der Waals surface area (Å²) in [6.07, 6.45) is 1.39. The molecule has 7 heteroatoms. The van der Waals surface area contributed by atoms with Gasteiger partial charge >= 0.3 is 0 Å². The van der Waals surface area contributed by atoms with Gasteiger partial charge in [0.2, 0.25) is 0 Å². The highest BCUT2D eigenvalue weighted by Crippen LogP contribution is 2.28. The molecule has 6 nitrogen and oxygen atoms in total. The molecule has 4 rings (SSSR count). The molecule has 3 aromatic heterocycles. The minimum atomic E-state index is -0.356. The fourth-order valence-corrected chi connectivity index (χ4v) is 3.82. The molecule has 4 heterocycles. The van der Waals surface area contributed by atoms with E-state index < -0.39 is 0 Å². The zero-order chi connectivity index (χ0) is 19.8. The van der Waals surface area contributed by atoms with Crippen molar-refractivity contribution in [3.05, 3.63) is 48.0 Å². The smallest absolute Gasteiger partial charge is 0.132 e. The number of fused-ring (bicyclic) bond motifs is 1. The first-order valence-corrected chi connectivity index (χ1v) is 9.51. The highest BCUT2D eigenvalue weighted by atomic mass is 19.1. The van der Waals surface area contributed by atoms with Gasteiger partial charge in [-0.25, -0.2) is 14.4 Å². The van der Waals surface area contributed by atoms with Crippen LogP contribution in [0.2, 0.25) is 0 Å². The second kappa shape index (κ2) is 7.41. The fraction of sp³-hybridized carbons (Fsp3) is 0.381. The summed E-state index contributed by atoms with van der Waals surface area (Å²) in [5.74, 6) is 0.405. The Morgan fingerprint density at radius 2 is 1.86 bits per heavy atom. The molecule has 0 radical (unpaired) electrons. The van der Waals surface area contributed by atoms with Crippen molar-refractivity contribution < 1.29 is 9.50 Å². The summed E-state index contributed by atoms with van der Waals surface area (Å²) in [7, 11) is 0. The summed E-state index contributed by atoms with van der Waals surface area (Å²) in [6, 6.07) is 8.41. The average molecular weight is 381 g/mol. The number of aliphatic hydroxyl groups is 1. The van der Waals surface area contributed by atoms with Crippen molar-refractivity contribution in [3.63, 3.8) is 0 Å². The number of aromatic nitrogens is 3. The highest BCUT2D eigenvalue weighted by Gasteiger charge is 2.31. The number of hydrogen-bond acceptors (Lipinski definition) is 6. The molecule has 1 aliphatic rings. The van der Waals surface area contributed by atoms with Crippen molar-refractivity contribution in [1.82, 2.24) is 15.0 Å². The van der Waals surface area contributed by atoms with Crippen LogP contribution in [0.3, 0.4) is 0 Å². The monoisotopic (exact) mass is 381 g/mol. The number of rotatable bonds is 3. The van der Waals surface area contributed by atoms with Gasteiger partial charge in [-0.05, 0) is 30.0 Å². The number of aliphatic hydroxyl groups excluding tert-OH is 1. The SMILES string of the molecule is CC1CN(c2cc(F)cc(-c3ccc4cnc(CN)cc4n3)n2)CC(C)C1O. The molecule has 2 atom stereocenters. The van der Waals surface area contributed by atoms with Crippen LogP contribution < -0.4 is 10.6 Å². The molecule has 1 aliphatic heterocycles. The molecule has 3 N–H and O–H groups in total. The molecule has 0 aromatic carbocycles. The largest absolute Gasteiger partial charge is 0.392 e. The molecule has 0 bridgehead atoms. The van der Waals surface area contributed by atoms with Crippen molar-refractivity contribution in [2.75, 3.05) is 18.0 Å². The van der Waals surface area contributed by atoms with E-state index in [0.29, 0.717) is 36.8 Å². The molecular weight excluding hydrogens is 357 g/mol. The normalized spacial score (nSPS) is 22.6. The molecule has 2 unspecified atom stereocenters. The van der Waals surface area contributed by atoms with Gasteiger partial charge in [-0.2, -0.15) is 0 Å². The van der Waals surface area contributed by atoms with Crippen LogP contribution in [0.4, 0.5) is 10.2 Å². The number of anilines is 1. The van der Waals surface area contributed by atoms with Crippen molar-refractivity contribution in [3.8, 4) is 11.4 Å². The van der Waals surface area contributed by atoms with E-state index >= 15 is 0 Å². The summed E-state index contributed by atoms with van der Waals surface area (Å²) in [5, 5.41) is 11.1. The fourth-order valence-electron chi connectivity index (χ4n) is 3.82. The van der Waals surface area contributed by atoms with E-state index in [2.05, 4.69) is 15.0 Å². The molecule has 1 fully saturated rings. The van der Waals surface area contributed by atoms with Crippen LogP contribution in [0, 0.1) is 17.7 Å². The Bertz CT molecular complexity index is 999. The number of piperidine rings is 1. The Morgan fingerprint density at radius 1 is 1.11 bits per heavy atom. The molecule has 0 spiro atoms. The second-order valence-electron chi connectivity index (χ2n) is 7.65. The maximum Gasteiger partial charge on any atom is 0.132 e. The molecule has 3 aromatic rings. The lowest BCUT2D eigenvalue weighted by atomic mass is 9.88. The van der Waals surface area contributed by atoms with Crippen molar-refractivity contribution in [2.45, 2.75) is 26.5 Å². The lowest BCUT2D eigenvalue weighted by Crippen LogP contribution is -2.47. The Kier molecular flexibility index (Phi) is 4.95. The Hall–Kier alpha value is -2.64.